The Morgan fingerprint density at radius 1 is 0.477 bits per heavy atom. The van der Waals surface area contributed by atoms with Crippen LogP contribution in [0.25, 0.3) is 54.9 Å². The van der Waals surface area contributed by atoms with Gasteiger partial charge in [-0.2, -0.15) is 0 Å². The molecule has 0 amide bonds. The van der Waals surface area contributed by atoms with Crippen LogP contribution in [0.1, 0.15) is 128 Å². The molecule has 0 saturated carbocycles. The molecule has 0 radical (unpaired) electrons. The monoisotopic (exact) mass is 851 g/mol. The maximum absolute atomic E-state index is 2.66. The molecule has 0 N–H and O–H groups in total. The minimum atomic E-state index is 0.0722. The summed E-state index contributed by atoms with van der Waals surface area (Å²) in [5, 5.41) is 5.63. The van der Waals surface area contributed by atoms with E-state index >= 15 is 0 Å². The van der Waals surface area contributed by atoms with Crippen LogP contribution < -0.4 is 10.9 Å². The molecule has 330 valence electrons. The van der Waals surface area contributed by atoms with Crippen molar-refractivity contribution in [2.75, 3.05) is 0 Å². The molecule has 2 atom stereocenters. The van der Waals surface area contributed by atoms with Crippen LogP contribution in [-0.4, -0.2) is 6.71 Å². The molecule has 0 fully saturated rings. The molecule has 9 rings (SSSR count). The number of benzene rings is 7. The van der Waals surface area contributed by atoms with Gasteiger partial charge in [0, 0.05) is 0 Å². The molecular weight excluding hydrogens is 780 g/mol. The van der Waals surface area contributed by atoms with Gasteiger partial charge in [0.2, 0.25) is 6.71 Å². The standard InChI is InChI=1S/C64H71B/c1-38-32-40(3)60(41(4)33-38)65(61-42(5)34-39(2)35-43(61)6)57-37-56(46-20-26-49(27-21-46)64(13,14)15)52-29-28-50-54(44-16-22-47(23-17-44)62(7,8)9)36-55(51-30-31-53(57)59(52)58(50)51)45-18-24-48(25-19-45)63(10,11)12/h16-29,32-37,40,60H,30-31H2,1-15H3. The second kappa shape index (κ2) is 16.2. The van der Waals surface area contributed by atoms with Crippen LogP contribution >= 0.6 is 0 Å². The van der Waals surface area contributed by atoms with E-state index in [0.717, 1.165) is 12.8 Å². The third kappa shape index (κ3) is 8.06. The molecule has 0 saturated heterocycles. The summed E-state index contributed by atoms with van der Waals surface area (Å²) in [7, 11) is 0. The van der Waals surface area contributed by atoms with Gasteiger partial charge in [0.05, 0.1) is 0 Å². The zero-order valence-corrected chi connectivity index (χ0v) is 42.2. The Kier molecular flexibility index (Phi) is 11.2. The fourth-order valence-electron chi connectivity index (χ4n) is 12.0. The van der Waals surface area contributed by atoms with Crippen molar-refractivity contribution in [3.63, 3.8) is 0 Å². The Bertz CT molecular complexity index is 3030. The van der Waals surface area contributed by atoms with Crippen LogP contribution in [0.4, 0.5) is 0 Å². The van der Waals surface area contributed by atoms with Crippen LogP contribution in [0.2, 0.25) is 5.82 Å². The Hall–Kier alpha value is -5.40. The second-order valence-electron chi connectivity index (χ2n) is 23.3. The summed E-state index contributed by atoms with van der Waals surface area (Å²) in [4.78, 5) is 0. The number of hydrogen-bond acceptors (Lipinski definition) is 0. The summed E-state index contributed by atoms with van der Waals surface area (Å²) in [6.07, 6.45) is 7.01. The smallest absolute Gasteiger partial charge is 0.0788 e. The van der Waals surface area contributed by atoms with E-state index in [1.165, 1.54) is 122 Å². The average Bonchev–Trinajstić information content (AvgIpc) is 3.23. The van der Waals surface area contributed by atoms with E-state index in [-0.39, 0.29) is 23.0 Å². The van der Waals surface area contributed by atoms with E-state index in [0.29, 0.717) is 11.7 Å². The van der Waals surface area contributed by atoms with E-state index in [4.69, 9.17) is 0 Å². The van der Waals surface area contributed by atoms with Crippen LogP contribution in [-0.2, 0) is 29.1 Å². The molecule has 0 aromatic heterocycles. The number of aryl methyl sites for hydroxylation is 5. The fraction of sp³-hybridized carbons (Fsp3) is 0.344. The molecule has 2 aliphatic rings. The van der Waals surface area contributed by atoms with Gasteiger partial charge in [-0.25, -0.2) is 0 Å². The van der Waals surface area contributed by atoms with Gasteiger partial charge in [0.1, 0.15) is 0 Å². The van der Waals surface area contributed by atoms with Gasteiger partial charge in [0.15, 0.2) is 0 Å². The van der Waals surface area contributed by atoms with Gasteiger partial charge in [-0.05, 0) is 164 Å². The third-order valence-electron chi connectivity index (χ3n) is 15.3. The van der Waals surface area contributed by atoms with E-state index in [1.807, 2.05) is 0 Å². The quantitative estimate of drug-likeness (QED) is 0.116. The summed E-state index contributed by atoms with van der Waals surface area (Å²) in [6, 6.07) is 43.6. The highest BCUT2D eigenvalue weighted by Gasteiger charge is 2.40. The lowest BCUT2D eigenvalue weighted by molar-refractivity contribution is 0.590. The van der Waals surface area contributed by atoms with E-state index in [9.17, 15) is 0 Å². The molecule has 0 aliphatic heterocycles. The van der Waals surface area contributed by atoms with Crippen molar-refractivity contribution in [2.24, 2.45) is 5.92 Å². The highest BCUT2D eigenvalue weighted by Crippen LogP contribution is 2.48. The van der Waals surface area contributed by atoms with Crippen molar-refractivity contribution in [1.82, 2.24) is 0 Å². The Morgan fingerprint density at radius 2 is 0.892 bits per heavy atom. The van der Waals surface area contributed by atoms with E-state index < -0.39 is 0 Å². The first-order valence-electron chi connectivity index (χ1n) is 24.5. The van der Waals surface area contributed by atoms with Gasteiger partial charge < -0.3 is 0 Å². The summed E-state index contributed by atoms with van der Waals surface area (Å²) >= 11 is 0. The Balaban J connectivity index is 1.44. The lowest BCUT2D eigenvalue weighted by atomic mass is 9.28. The lowest BCUT2D eigenvalue weighted by Gasteiger charge is -2.37. The van der Waals surface area contributed by atoms with Crippen molar-refractivity contribution in [1.29, 1.82) is 0 Å². The normalized spacial score (nSPS) is 16.6. The molecule has 0 nitrogen and oxygen atoms in total. The summed E-state index contributed by atoms with van der Waals surface area (Å²) < 4.78 is 0. The largest absolute Gasteiger partial charge is 0.218 e. The predicted molar refractivity (Wildman–Crippen MR) is 287 cm³/mol. The molecule has 2 aliphatic carbocycles. The Morgan fingerprint density at radius 3 is 1.34 bits per heavy atom. The average molecular weight is 851 g/mol. The summed E-state index contributed by atoms with van der Waals surface area (Å²) in [6.45, 7) is 35.2. The molecule has 2 unspecified atom stereocenters. The van der Waals surface area contributed by atoms with Crippen LogP contribution in [0.3, 0.4) is 0 Å². The number of rotatable bonds is 6. The van der Waals surface area contributed by atoms with Crippen LogP contribution in [0.5, 0.6) is 0 Å². The van der Waals surface area contributed by atoms with Gasteiger partial charge in [0.25, 0.3) is 0 Å². The van der Waals surface area contributed by atoms with Crippen LogP contribution in [0.15, 0.2) is 132 Å². The first-order chi connectivity index (χ1) is 30.6. The molecule has 0 bridgehead atoms. The van der Waals surface area contributed by atoms with Crippen molar-refractivity contribution in [3.8, 4) is 33.4 Å². The Labute approximate surface area is 392 Å². The maximum Gasteiger partial charge on any atom is 0.218 e. The predicted octanol–water partition coefficient (Wildman–Crippen LogP) is 16.4. The molecule has 0 spiro atoms. The van der Waals surface area contributed by atoms with Crippen molar-refractivity contribution in [2.45, 2.75) is 139 Å². The zero-order valence-electron chi connectivity index (χ0n) is 42.2. The minimum absolute atomic E-state index is 0.0722. The first kappa shape index (κ1) is 44.8. The van der Waals surface area contributed by atoms with Gasteiger partial charge in [-0.3, -0.25) is 0 Å². The highest BCUT2D eigenvalue weighted by molar-refractivity contribution is 6.88. The molecule has 7 aromatic carbocycles. The maximum atomic E-state index is 2.66. The summed E-state index contributed by atoms with van der Waals surface area (Å²) in [5.74, 6) is 0.716. The molecule has 0 heterocycles. The van der Waals surface area contributed by atoms with Gasteiger partial charge >= 0.3 is 0 Å². The highest BCUT2D eigenvalue weighted by atomic mass is 14.3. The lowest BCUT2D eigenvalue weighted by Crippen LogP contribution is -2.52. The molecule has 65 heavy (non-hydrogen) atoms. The van der Waals surface area contributed by atoms with Gasteiger partial charge in [-0.1, -0.05) is 223 Å². The molecular formula is C64H71B. The van der Waals surface area contributed by atoms with Crippen molar-refractivity contribution < 1.29 is 0 Å². The van der Waals surface area contributed by atoms with E-state index in [2.05, 4.69) is 225 Å². The number of allylic oxidation sites excluding steroid dienone is 4. The third-order valence-corrected chi connectivity index (χ3v) is 15.3. The van der Waals surface area contributed by atoms with Crippen molar-refractivity contribution in [3.05, 3.63) is 177 Å². The fourth-order valence-corrected chi connectivity index (χ4v) is 12.0. The van der Waals surface area contributed by atoms with Crippen LogP contribution in [0, 0.1) is 26.7 Å². The minimum Gasteiger partial charge on any atom is -0.0788 e. The second-order valence-corrected chi connectivity index (χ2v) is 23.3. The molecule has 1 heteroatoms. The molecule has 7 aromatic rings. The van der Waals surface area contributed by atoms with Crippen molar-refractivity contribution >= 4 is 39.2 Å². The topological polar surface area (TPSA) is 0 Å². The SMILES string of the molecule is CC1=CC(C)C(B(c2cc(-c3ccc(C(C)(C)C)cc3)c3ccc4c(-c5ccc(C(C)(C)C)cc5)cc(-c5ccc(C(C)(C)C)cc5)c5c4c3c2CC5)c2c(C)cc(C)cc2C)C(C)=C1. The zero-order chi connectivity index (χ0) is 46.5. The van der Waals surface area contributed by atoms with E-state index in [1.54, 1.807) is 0 Å². The number of hydrogen-bond donors (Lipinski definition) is 0. The van der Waals surface area contributed by atoms with Gasteiger partial charge in [-0.15, -0.1) is 0 Å². The first-order valence-corrected chi connectivity index (χ1v) is 24.5. The summed E-state index contributed by atoms with van der Waals surface area (Å²) in [5.41, 5.74) is 25.3.